The zero-order valence-electron chi connectivity index (χ0n) is 17.4. The molecule has 29 heavy (non-hydrogen) atoms. The monoisotopic (exact) mass is 396 g/mol. The van der Waals surface area contributed by atoms with E-state index in [-0.39, 0.29) is 5.41 Å². The third-order valence-electron chi connectivity index (χ3n) is 6.55. The van der Waals surface area contributed by atoms with Gasteiger partial charge in [0.15, 0.2) is 11.8 Å². The minimum Gasteiger partial charge on any atom is -0.378 e. The molecule has 1 aromatic carbocycles. The summed E-state index contributed by atoms with van der Waals surface area (Å²) in [5.41, 5.74) is 2.48. The molecule has 2 saturated carbocycles. The van der Waals surface area contributed by atoms with E-state index in [0.29, 0.717) is 18.7 Å². The standard InChI is InChI=1S/C22H32N6O/c1-3-29-19-13-18(22(19)10-5-4-6-11-22)27-21(23-2)24-14-16-8-7-9-17(12-16)20-25-15-26-28-20/h7-9,12,15,18-19H,3-6,10-11,13-14H2,1-2H3,(H2,23,24,27)(H,25,26,28). The number of hydrogen-bond donors (Lipinski definition) is 3. The molecule has 2 aliphatic carbocycles. The third kappa shape index (κ3) is 4.15. The zero-order chi connectivity index (χ0) is 20.1. The number of aromatic nitrogens is 3. The van der Waals surface area contributed by atoms with Gasteiger partial charge in [0.25, 0.3) is 0 Å². The summed E-state index contributed by atoms with van der Waals surface area (Å²) in [6.07, 6.45) is 9.46. The molecule has 0 radical (unpaired) electrons. The number of nitrogens with one attached hydrogen (secondary N) is 3. The Morgan fingerprint density at radius 2 is 2.17 bits per heavy atom. The molecule has 156 valence electrons. The van der Waals surface area contributed by atoms with E-state index in [1.165, 1.54) is 44.0 Å². The molecule has 1 aromatic heterocycles. The van der Waals surface area contributed by atoms with Gasteiger partial charge in [0.2, 0.25) is 0 Å². The van der Waals surface area contributed by atoms with Crippen LogP contribution in [0.5, 0.6) is 0 Å². The molecule has 2 aliphatic rings. The summed E-state index contributed by atoms with van der Waals surface area (Å²) in [6.45, 7) is 3.61. The Morgan fingerprint density at radius 1 is 1.31 bits per heavy atom. The number of aliphatic imine (C=N–C) groups is 1. The van der Waals surface area contributed by atoms with Crippen molar-refractivity contribution in [3.63, 3.8) is 0 Å². The fourth-order valence-electron chi connectivity index (χ4n) is 4.98. The van der Waals surface area contributed by atoms with Crippen LogP contribution in [0.15, 0.2) is 35.6 Å². The van der Waals surface area contributed by atoms with Crippen LogP contribution in [-0.4, -0.2) is 46.9 Å². The second kappa shape index (κ2) is 8.95. The van der Waals surface area contributed by atoms with Gasteiger partial charge >= 0.3 is 0 Å². The fraction of sp³-hybridized carbons (Fsp3) is 0.591. The molecule has 2 atom stereocenters. The first kappa shape index (κ1) is 19.9. The normalized spacial score (nSPS) is 23.6. The lowest BCUT2D eigenvalue weighted by Gasteiger charge is -2.57. The van der Waals surface area contributed by atoms with Gasteiger partial charge in [-0.25, -0.2) is 4.98 Å². The Labute approximate surface area is 172 Å². The molecule has 0 saturated heterocycles. The first-order chi connectivity index (χ1) is 14.2. The summed E-state index contributed by atoms with van der Waals surface area (Å²) < 4.78 is 6.08. The quantitative estimate of drug-likeness (QED) is 0.515. The largest absolute Gasteiger partial charge is 0.378 e. The van der Waals surface area contributed by atoms with E-state index in [1.54, 1.807) is 0 Å². The molecule has 3 N–H and O–H groups in total. The number of hydrogen-bond acceptors (Lipinski definition) is 4. The summed E-state index contributed by atoms with van der Waals surface area (Å²) in [4.78, 5) is 8.70. The van der Waals surface area contributed by atoms with Gasteiger partial charge in [0, 0.05) is 37.2 Å². The van der Waals surface area contributed by atoms with E-state index in [4.69, 9.17) is 4.74 Å². The number of nitrogens with zero attached hydrogens (tertiary/aromatic N) is 3. The SMILES string of the molecule is CCOC1CC(NC(=NC)NCc2cccc(-c3ncn[nH]3)c2)C12CCCCC2. The summed E-state index contributed by atoms with van der Waals surface area (Å²) >= 11 is 0. The predicted molar refractivity (Wildman–Crippen MR) is 114 cm³/mol. The van der Waals surface area contributed by atoms with Crippen molar-refractivity contribution >= 4 is 5.96 Å². The van der Waals surface area contributed by atoms with Crippen LogP contribution in [0.25, 0.3) is 11.4 Å². The lowest BCUT2D eigenvalue weighted by atomic mass is 9.55. The maximum atomic E-state index is 6.08. The minimum atomic E-state index is 0.276. The van der Waals surface area contributed by atoms with Gasteiger partial charge in [-0.2, -0.15) is 5.10 Å². The van der Waals surface area contributed by atoms with Gasteiger partial charge in [-0.05, 0) is 37.8 Å². The van der Waals surface area contributed by atoms with E-state index in [1.807, 2.05) is 19.2 Å². The minimum absolute atomic E-state index is 0.276. The van der Waals surface area contributed by atoms with Crippen LogP contribution in [0.3, 0.4) is 0 Å². The number of guanidine groups is 1. The molecule has 0 bridgehead atoms. The Morgan fingerprint density at radius 3 is 2.90 bits per heavy atom. The molecule has 1 heterocycles. The van der Waals surface area contributed by atoms with E-state index < -0.39 is 0 Å². The Balaban J connectivity index is 1.37. The van der Waals surface area contributed by atoms with Crippen molar-refractivity contribution in [2.24, 2.45) is 10.4 Å². The van der Waals surface area contributed by atoms with Gasteiger partial charge < -0.3 is 15.4 Å². The average Bonchev–Trinajstić information content (AvgIpc) is 3.31. The number of H-pyrrole nitrogens is 1. The van der Waals surface area contributed by atoms with Gasteiger partial charge in [-0.3, -0.25) is 10.1 Å². The maximum absolute atomic E-state index is 6.08. The van der Waals surface area contributed by atoms with E-state index in [2.05, 4.69) is 49.9 Å². The van der Waals surface area contributed by atoms with Crippen molar-refractivity contribution in [3.05, 3.63) is 36.2 Å². The molecule has 2 unspecified atom stereocenters. The molecule has 7 heteroatoms. The summed E-state index contributed by atoms with van der Waals surface area (Å²) in [5, 5.41) is 14.0. The molecule has 1 spiro atoms. The zero-order valence-corrected chi connectivity index (χ0v) is 17.4. The number of rotatable bonds is 6. The molecule has 2 fully saturated rings. The van der Waals surface area contributed by atoms with Gasteiger partial charge in [0.1, 0.15) is 6.33 Å². The van der Waals surface area contributed by atoms with Crippen LogP contribution in [0, 0.1) is 5.41 Å². The van der Waals surface area contributed by atoms with E-state index in [0.717, 1.165) is 30.4 Å². The van der Waals surface area contributed by atoms with Crippen molar-refractivity contribution in [1.29, 1.82) is 0 Å². The average molecular weight is 397 g/mol. The van der Waals surface area contributed by atoms with Crippen LogP contribution in [0.1, 0.15) is 51.0 Å². The van der Waals surface area contributed by atoms with Crippen molar-refractivity contribution in [2.45, 2.75) is 64.1 Å². The number of ether oxygens (including phenoxy) is 1. The first-order valence-electron chi connectivity index (χ1n) is 10.8. The van der Waals surface area contributed by atoms with Crippen LogP contribution < -0.4 is 10.6 Å². The number of aromatic amines is 1. The fourth-order valence-corrected chi connectivity index (χ4v) is 4.98. The van der Waals surface area contributed by atoms with Crippen LogP contribution in [0.2, 0.25) is 0 Å². The summed E-state index contributed by atoms with van der Waals surface area (Å²) in [7, 11) is 1.84. The van der Waals surface area contributed by atoms with Crippen molar-refractivity contribution in [3.8, 4) is 11.4 Å². The first-order valence-corrected chi connectivity index (χ1v) is 10.8. The molecule has 0 amide bonds. The molecule has 2 aromatic rings. The maximum Gasteiger partial charge on any atom is 0.191 e. The predicted octanol–water partition coefficient (Wildman–Crippen LogP) is 3.26. The summed E-state index contributed by atoms with van der Waals surface area (Å²) in [5.74, 6) is 1.64. The smallest absolute Gasteiger partial charge is 0.191 e. The number of benzene rings is 1. The Bertz CT molecular complexity index is 812. The van der Waals surface area contributed by atoms with Crippen LogP contribution >= 0.6 is 0 Å². The van der Waals surface area contributed by atoms with Crippen molar-refractivity contribution in [1.82, 2.24) is 25.8 Å². The van der Waals surface area contributed by atoms with E-state index in [9.17, 15) is 0 Å². The Hall–Kier alpha value is -2.41. The highest BCUT2D eigenvalue weighted by atomic mass is 16.5. The van der Waals surface area contributed by atoms with E-state index >= 15 is 0 Å². The van der Waals surface area contributed by atoms with Gasteiger partial charge in [0.05, 0.1) is 6.10 Å². The lowest BCUT2D eigenvalue weighted by Crippen LogP contribution is -2.66. The highest BCUT2D eigenvalue weighted by molar-refractivity contribution is 5.80. The molecule has 4 rings (SSSR count). The molecule has 0 aliphatic heterocycles. The highest BCUT2D eigenvalue weighted by Gasteiger charge is 2.55. The van der Waals surface area contributed by atoms with Gasteiger partial charge in [-0.1, -0.05) is 37.5 Å². The third-order valence-corrected chi connectivity index (χ3v) is 6.55. The second-order valence-corrected chi connectivity index (χ2v) is 8.13. The van der Waals surface area contributed by atoms with Crippen LogP contribution in [0.4, 0.5) is 0 Å². The van der Waals surface area contributed by atoms with Crippen molar-refractivity contribution in [2.75, 3.05) is 13.7 Å². The second-order valence-electron chi connectivity index (χ2n) is 8.13. The Kier molecular flexibility index (Phi) is 6.13. The van der Waals surface area contributed by atoms with Crippen LogP contribution in [-0.2, 0) is 11.3 Å². The highest BCUT2D eigenvalue weighted by Crippen LogP contribution is 2.53. The molecule has 7 nitrogen and oxygen atoms in total. The van der Waals surface area contributed by atoms with Crippen molar-refractivity contribution < 1.29 is 4.74 Å². The summed E-state index contributed by atoms with van der Waals surface area (Å²) in [6, 6.07) is 8.74. The van der Waals surface area contributed by atoms with Gasteiger partial charge in [-0.15, -0.1) is 0 Å². The molecular formula is C22H32N6O. The topological polar surface area (TPSA) is 87.2 Å². The molecular weight excluding hydrogens is 364 g/mol. The lowest BCUT2D eigenvalue weighted by molar-refractivity contribution is -0.145.